The number of rotatable bonds is 5. The molecule has 0 radical (unpaired) electrons. The molecule has 0 N–H and O–H groups in total. The van der Waals surface area contributed by atoms with Crippen molar-refractivity contribution in [2.45, 2.75) is 6.92 Å². The van der Waals surface area contributed by atoms with Gasteiger partial charge in [-0.2, -0.15) is 0 Å². The van der Waals surface area contributed by atoms with Gasteiger partial charge in [-0.05, 0) is 48.4 Å². The molecule has 0 aliphatic rings. The number of Topliss-reactive ketones (excluding diaryl/α,β-unsaturated/α-hetero) is 1. The van der Waals surface area contributed by atoms with E-state index >= 15 is 0 Å². The summed E-state index contributed by atoms with van der Waals surface area (Å²) in [6.45, 7) is 1.02. The van der Waals surface area contributed by atoms with Gasteiger partial charge in [-0.25, -0.2) is 9.18 Å². The van der Waals surface area contributed by atoms with Gasteiger partial charge in [0.15, 0.2) is 5.78 Å². The predicted molar refractivity (Wildman–Crippen MR) is 87.4 cm³/mol. The lowest BCUT2D eigenvalue weighted by Crippen LogP contribution is -2.12. The minimum Gasteiger partial charge on any atom is -0.454 e. The van der Waals surface area contributed by atoms with Crippen molar-refractivity contribution >= 4 is 35.0 Å². The summed E-state index contributed by atoms with van der Waals surface area (Å²) in [4.78, 5) is 23.2. The molecule has 0 bridgehead atoms. The number of ketones is 1. The Labute approximate surface area is 138 Å². The molecule has 0 aromatic heterocycles. The minimum atomic E-state index is -0.651. The van der Waals surface area contributed by atoms with Crippen LogP contribution in [0.2, 0.25) is 5.02 Å². The summed E-state index contributed by atoms with van der Waals surface area (Å²) in [7, 11) is 0. The van der Waals surface area contributed by atoms with E-state index in [0.717, 1.165) is 5.56 Å². The highest BCUT2D eigenvalue weighted by atomic mass is 35.5. The zero-order chi connectivity index (χ0) is 16.8. The van der Waals surface area contributed by atoms with Crippen LogP contribution in [0.1, 0.15) is 18.1 Å². The molecule has 0 unspecified atom stereocenters. The van der Waals surface area contributed by atoms with Crippen molar-refractivity contribution < 1.29 is 18.7 Å². The maximum absolute atomic E-state index is 13.1. The number of esters is 1. The Morgan fingerprint density at radius 2 is 1.70 bits per heavy atom. The van der Waals surface area contributed by atoms with E-state index in [0.29, 0.717) is 10.6 Å². The zero-order valence-corrected chi connectivity index (χ0v) is 13.1. The first-order valence-electron chi connectivity index (χ1n) is 6.85. The summed E-state index contributed by atoms with van der Waals surface area (Å²) in [6, 6.07) is 12.3. The van der Waals surface area contributed by atoms with Crippen LogP contribution in [-0.4, -0.2) is 18.4 Å². The fourth-order valence-electron chi connectivity index (χ4n) is 1.86. The highest BCUT2D eigenvalue weighted by Gasteiger charge is 2.15. The quantitative estimate of drug-likeness (QED) is 0.469. The molecule has 0 heterocycles. The average Bonchev–Trinajstić information content (AvgIpc) is 2.53. The summed E-state index contributed by atoms with van der Waals surface area (Å²) in [5, 5.41) is 0.574. The monoisotopic (exact) mass is 332 g/mol. The molecular weight excluding hydrogens is 319 g/mol. The van der Waals surface area contributed by atoms with Crippen molar-refractivity contribution in [2.24, 2.45) is 0 Å². The second-order valence-corrected chi connectivity index (χ2v) is 5.33. The van der Waals surface area contributed by atoms with Crippen molar-refractivity contribution in [2.75, 3.05) is 6.61 Å². The summed E-state index contributed by atoms with van der Waals surface area (Å²) in [6.07, 6.45) is 1.60. The van der Waals surface area contributed by atoms with Crippen LogP contribution in [0.3, 0.4) is 0 Å². The molecular formula is C18H14ClFO3. The third-order valence-corrected chi connectivity index (χ3v) is 3.21. The molecule has 0 aliphatic carbocycles. The maximum Gasteiger partial charge on any atom is 0.339 e. The van der Waals surface area contributed by atoms with E-state index in [2.05, 4.69) is 0 Å². The Hall–Kier alpha value is -2.46. The third-order valence-electron chi connectivity index (χ3n) is 2.96. The fourth-order valence-corrected chi connectivity index (χ4v) is 1.99. The largest absolute Gasteiger partial charge is 0.454 e. The molecule has 23 heavy (non-hydrogen) atoms. The Bertz CT molecular complexity index is 734. The number of benzene rings is 2. The molecule has 0 amide bonds. The predicted octanol–water partition coefficient (Wildman–Crippen LogP) is 4.15. The van der Waals surface area contributed by atoms with Crippen LogP contribution < -0.4 is 0 Å². The maximum atomic E-state index is 13.1. The summed E-state index contributed by atoms with van der Waals surface area (Å²) >= 11 is 5.84. The van der Waals surface area contributed by atoms with Crippen LogP contribution in [0, 0.1) is 5.82 Å². The molecule has 2 rings (SSSR count). The van der Waals surface area contributed by atoms with Crippen molar-refractivity contribution in [1.29, 1.82) is 0 Å². The van der Waals surface area contributed by atoms with Crippen LogP contribution in [-0.2, 0) is 14.3 Å². The van der Waals surface area contributed by atoms with E-state index in [4.69, 9.17) is 16.3 Å². The van der Waals surface area contributed by atoms with Gasteiger partial charge in [-0.15, -0.1) is 0 Å². The fraction of sp³-hybridized carbons (Fsp3) is 0.111. The normalized spacial score (nSPS) is 11.2. The number of halogens is 2. The van der Waals surface area contributed by atoms with Gasteiger partial charge in [0.1, 0.15) is 12.4 Å². The second kappa shape index (κ2) is 7.70. The van der Waals surface area contributed by atoms with Gasteiger partial charge >= 0.3 is 5.97 Å². The Morgan fingerprint density at radius 1 is 1.09 bits per heavy atom. The molecule has 0 saturated heterocycles. The van der Waals surface area contributed by atoms with E-state index in [-0.39, 0.29) is 18.0 Å². The molecule has 0 saturated carbocycles. The minimum absolute atomic E-state index is 0.230. The molecule has 118 valence electrons. The number of carbonyl (C=O) groups excluding carboxylic acids is 2. The molecule has 5 heteroatoms. The van der Waals surface area contributed by atoms with Crippen LogP contribution in [0.25, 0.3) is 11.6 Å². The van der Waals surface area contributed by atoms with E-state index in [1.165, 1.54) is 31.2 Å². The number of ether oxygens (including phenoxy) is 1. The van der Waals surface area contributed by atoms with Gasteiger partial charge < -0.3 is 4.74 Å². The first-order valence-corrected chi connectivity index (χ1v) is 7.23. The Kier molecular flexibility index (Phi) is 5.66. The van der Waals surface area contributed by atoms with Crippen molar-refractivity contribution in [3.05, 3.63) is 70.5 Å². The molecule has 0 atom stereocenters. The van der Waals surface area contributed by atoms with Gasteiger partial charge in [-0.1, -0.05) is 35.9 Å². The van der Waals surface area contributed by atoms with E-state index in [1.54, 1.807) is 30.3 Å². The Balaban J connectivity index is 2.37. The van der Waals surface area contributed by atoms with Crippen molar-refractivity contribution in [3.63, 3.8) is 0 Å². The molecule has 0 aliphatic heterocycles. The highest BCUT2D eigenvalue weighted by Crippen LogP contribution is 2.21. The highest BCUT2D eigenvalue weighted by molar-refractivity contribution is 6.30. The van der Waals surface area contributed by atoms with Crippen LogP contribution in [0.5, 0.6) is 0 Å². The Morgan fingerprint density at radius 3 is 2.26 bits per heavy atom. The lowest BCUT2D eigenvalue weighted by molar-refractivity contribution is -0.141. The lowest BCUT2D eigenvalue weighted by atomic mass is 10.0. The number of carbonyl (C=O) groups is 2. The average molecular weight is 333 g/mol. The number of hydrogen-bond donors (Lipinski definition) is 0. The summed E-state index contributed by atoms with van der Waals surface area (Å²) in [5.74, 6) is -1.32. The SMILES string of the molecule is CC(=O)COC(=O)/C(=C/c1ccc(Cl)cc1)c1ccc(F)cc1. The van der Waals surface area contributed by atoms with Crippen LogP contribution in [0.15, 0.2) is 48.5 Å². The third kappa shape index (κ3) is 5.04. The first-order chi connectivity index (χ1) is 11.0. The molecule has 0 spiro atoms. The standard InChI is InChI=1S/C18H14ClFO3/c1-12(21)11-23-18(22)17(14-4-8-16(20)9-5-14)10-13-2-6-15(19)7-3-13/h2-10H,11H2,1H3/b17-10+. The smallest absolute Gasteiger partial charge is 0.339 e. The molecule has 2 aromatic carbocycles. The van der Waals surface area contributed by atoms with Gasteiger partial charge in [0, 0.05) is 5.02 Å². The molecule has 3 nitrogen and oxygen atoms in total. The lowest BCUT2D eigenvalue weighted by Gasteiger charge is -2.08. The summed E-state index contributed by atoms with van der Waals surface area (Å²) in [5.41, 5.74) is 1.46. The topological polar surface area (TPSA) is 43.4 Å². The van der Waals surface area contributed by atoms with Gasteiger partial charge in [0.25, 0.3) is 0 Å². The molecule has 0 fully saturated rings. The van der Waals surface area contributed by atoms with Gasteiger partial charge in [-0.3, -0.25) is 4.79 Å². The zero-order valence-electron chi connectivity index (χ0n) is 12.4. The van der Waals surface area contributed by atoms with Gasteiger partial charge in [0.2, 0.25) is 0 Å². The van der Waals surface area contributed by atoms with E-state index in [9.17, 15) is 14.0 Å². The molecule has 2 aromatic rings. The number of hydrogen-bond acceptors (Lipinski definition) is 3. The van der Waals surface area contributed by atoms with Crippen molar-refractivity contribution in [1.82, 2.24) is 0 Å². The second-order valence-electron chi connectivity index (χ2n) is 4.89. The summed E-state index contributed by atoms with van der Waals surface area (Å²) < 4.78 is 18.1. The van der Waals surface area contributed by atoms with E-state index < -0.39 is 11.8 Å². The van der Waals surface area contributed by atoms with Crippen molar-refractivity contribution in [3.8, 4) is 0 Å². The van der Waals surface area contributed by atoms with Crippen LogP contribution in [0.4, 0.5) is 4.39 Å². The van der Waals surface area contributed by atoms with Gasteiger partial charge in [0.05, 0.1) is 5.57 Å². The van der Waals surface area contributed by atoms with E-state index in [1.807, 2.05) is 0 Å². The van der Waals surface area contributed by atoms with Crippen LogP contribution >= 0.6 is 11.6 Å². The first kappa shape index (κ1) is 16.9.